The van der Waals surface area contributed by atoms with E-state index in [1.165, 1.54) is 0 Å². The lowest BCUT2D eigenvalue weighted by molar-refractivity contribution is -0.126. The molecule has 1 aromatic rings. The van der Waals surface area contributed by atoms with Crippen molar-refractivity contribution in [3.05, 3.63) is 29.8 Å². The Balaban J connectivity index is 2.22. The summed E-state index contributed by atoms with van der Waals surface area (Å²) in [5, 5.41) is 2.93. The Hall–Kier alpha value is -1.88. The zero-order valence-corrected chi connectivity index (χ0v) is 13.3. The zero-order valence-electron chi connectivity index (χ0n) is 13.3. The van der Waals surface area contributed by atoms with Crippen LogP contribution in [-0.4, -0.2) is 30.4 Å². The van der Waals surface area contributed by atoms with Gasteiger partial charge >= 0.3 is 0 Å². The normalized spacial score (nSPS) is 18.0. The van der Waals surface area contributed by atoms with Crippen LogP contribution >= 0.6 is 0 Å². The van der Waals surface area contributed by atoms with Crippen molar-refractivity contribution < 1.29 is 9.59 Å². The number of fused-ring (bicyclic) bond motifs is 1. The second-order valence-electron chi connectivity index (χ2n) is 5.72. The Morgan fingerprint density at radius 1 is 1.36 bits per heavy atom. The zero-order chi connectivity index (χ0) is 16.1. The number of carbonyl (C=O) groups excluding carboxylic acids is 2. The molecule has 1 aliphatic heterocycles. The average Bonchev–Trinajstić information content (AvgIpc) is 2.93. The molecule has 2 atom stereocenters. The quantitative estimate of drug-likeness (QED) is 0.784. The van der Waals surface area contributed by atoms with Gasteiger partial charge < -0.3 is 11.1 Å². The van der Waals surface area contributed by atoms with E-state index in [0.717, 1.165) is 24.1 Å². The number of anilines is 1. The topological polar surface area (TPSA) is 75.4 Å². The number of carbonyl (C=O) groups is 2. The molecule has 3 N–H and O–H groups in total. The van der Waals surface area contributed by atoms with E-state index >= 15 is 0 Å². The number of hydrogen-bond donors (Lipinski definition) is 2. The van der Waals surface area contributed by atoms with Crippen LogP contribution < -0.4 is 16.0 Å². The predicted molar refractivity (Wildman–Crippen MR) is 87.6 cm³/mol. The van der Waals surface area contributed by atoms with E-state index < -0.39 is 12.1 Å². The van der Waals surface area contributed by atoms with Crippen molar-refractivity contribution in [1.82, 2.24) is 5.32 Å². The maximum atomic E-state index is 12.6. The smallest absolute Gasteiger partial charge is 0.244 e. The van der Waals surface area contributed by atoms with Crippen LogP contribution in [0.3, 0.4) is 0 Å². The largest absolute Gasteiger partial charge is 0.354 e. The van der Waals surface area contributed by atoms with Crippen molar-refractivity contribution in [2.24, 2.45) is 5.73 Å². The third-order valence-corrected chi connectivity index (χ3v) is 4.10. The van der Waals surface area contributed by atoms with Gasteiger partial charge in [0.05, 0.1) is 6.04 Å². The molecule has 0 spiro atoms. The standard InChI is InChI=1S/C17H25N3O2/c1-3-5-10-19-16(21)15-11-12-8-6-7-9-14(12)20(15)17(22)13(18)4-2/h6-9,13,15H,3-5,10-11,18H2,1-2H3,(H,19,21). The number of nitrogens with two attached hydrogens (primary N) is 1. The van der Waals surface area contributed by atoms with Gasteiger partial charge in [-0.25, -0.2) is 0 Å². The summed E-state index contributed by atoms with van der Waals surface area (Å²) in [5.41, 5.74) is 7.75. The average molecular weight is 303 g/mol. The summed E-state index contributed by atoms with van der Waals surface area (Å²) >= 11 is 0. The van der Waals surface area contributed by atoms with Crippen LogP contribution in [0.15, 0.2) is 24.3 Å². The summed E-state index contributed by atoms with van der Waals surface area (Å²) in [4.78, 5) is 26.7. The maximum absolute atomic E-state index is 12.6. The van der Waals surface area contributed by atoms with Crippen LogP contribution in [0.5, 0.6) is 0 Å². The number of rotatable bonds is 6. The van der Waals surface area contributed by atoms with E-state index in [2.05, 4.69) is 12.2 Å². The lowest BCUT2D eigenvalue weighted by Gasteiger charge is -2.27. The maximum Gasteiger partial charge on any atom is 0.244 e. The first kappa shape index (κ1) is 16.5. The molecule has 1 heterocycles. The van der Waals surface area contributed by atoms with E-state index in [-0.39, 0.29) is 11.8 Å². The van der Waals surface area contributed by atoms with Gasteiger partial charge in [-0.1, -0.05) is 38.5 Å². The molecule has 2 rings (SSSR count). The lowest BCUT2D eigenvalue weighted by Crippen LogP contribution is -2.53. The van der Waals surface area contributed by atoms with Crippen molar-refractivity contribution >= 4 is 17.5 Å². The van der Waals surface area contributed by atoms with Gasteiger partial charge in [0.25, 0.3) is 0 Å². The van der Waals surface area contributed by atoms with E-state index in [9.17, 15) is 9.59 Å². The highest BCUT2D eigenvalue weighted by atomic mass is 16.2. The SMILES string of the molecule is CCCCNC(=O)C1Cc2ccccc2N1C(=O)C(N)CC. The molecular weight excluding hydrogens is 278 g/mol. The van der Waals surface area contributed by atoms with Crippen molar-refractivity contribution in [1.29, 1.82) is 0 Å². The highest BCUT2D eigenvalue weighted by molar-refractivity contribution is 6.05. The molecule has 22 heavy (non-hydrogen) atoms. The molecule has 0 saturated carbocycles. The van der Waals surface area contributed by atoms with Crippen molar-refractivity contribution in [3.8, 4) is 0 Å². The number of para-hydroxylation sites is 1. The Bertz CT molecular complexity index is 544. The van der Waals surface area contributed by atoms with E-state index in [0.29, 0.717) is 19.4 Å². The van der Waals surface area contributed by atoms with Crippen LogP contribution in [0.1, 0.15) is 38.7 Å². The number of nitrogens with zero attached hydrogens (tertiary/aromatic N) is 1. The highest BCUT2D eigenvalue weighted by Crippen LogP contribution is 2.32. The molecule has 1 aliphatic rings. The molecule has 2 amide bonds. The number of unbranched alkanes of at least 4 members (excludes halogenated alkanes) is 1. The van der Waals surface area contributed by atoms with E-state index in [1.807, 2.05) is 31.2 Å². The molecule has 120 valence electrons. The first-order valence-corrected chi connectivity index (χ1v) is 8.04. The van der Waals surface area contributed by atoms with Crippen LogP contribution in [0.2, 0.25) is 0 Å². The molecule has 5 heteroatoms. The summed E-state index contributed by atoms with van der Waals surface area (Å²) < 4.78 is 0. The number of benzene rings is 1. The Labute approximate surface area is 131 Å². The molecule has 1 aromatic carbocycles. The number of hydrogen-bond acceptors (Lipinski definition) is 3. The molecule has 0 radical (unpaired) electrons. The van der Waals surface area contributed by atoms with Crippen molar-refractivity contribution in [2.75, 3.05) is 11.4 Å². The monoisotopic (exact) mass is 303 g/mol. The summed E-state index contributed by atoms with van der Waals surface area (Å²) in [5.74, 6) is -0.274. The minimum Gasteiger partial charge on any atom is -0.354 e. The van der Waals surface area contributed by atoms with Gasteiger partial charge in [0, 0.05) is 18.7 Å². The second kappa shape index (κ2) is 7.40. The number of amides is 2. The minimum atomic E-state index is -0.572. The Morgan fingerprint density at radius 2 is 2.09 bits per heavy atom. The molecule has 0 fully saturated rings. The third-order valence-electron chi connectivity index (χ3n) is 4.10. The molecule has 0 aromatic heterocycles. The van der Waals surface area contributed by atoms with Gasteiger partial charge in [-0.3, -0.25) is 14.5 Å². The van der Waals surface area contributed by atoms with Crippen molar-refractivity contribution in [2.45, 2.75) is 51.6 Å². The summed E-state index contributed by atoms with van der Waals surface area (Å²) in [6, 6.07) is 6.60. The molecule has 5 nitrogen and oxygen atoms in total. The first-order chi connectivity index (χ1) is 10.6. The Kier molecular flexibility index (Phi) is 5.55. The highest BCUT2D eigenvalue weighted by Gasteiger charge is 2.39. The van der Waals surface area contributed by atoms with Gasteiger partial charge in [-0.15, -0.1) is 0 Å². The molecular formula is C17H25N3O2. The summed E-state index contributed by atoms with van der Waals surface area (Å²) in [6.07, 6.45) is 3.07. The summed E-state index contributed by atoms with van der Waals surface area (Å²) in [6.45, 7) is 4.60. The van der Waals surface area contributed by atoms with Crippen LogP contribution in [0, 0.1) is 0 Å². The minimum absolute atomic E-state index is 0.0960. The molecule has 0 aliphatic carbocycles. The molecule has 0 bridgehead atoms. The Morgan fingerprint density at radius 3 is 2.77 bits per heavy atom. The van der Waals surface area contributed by atoms with Gasteiger partial charge in [0.1, 0.15) is 6.04 Å². The van der Waals surface area contributed by atoms with Gasteiger partial charge in [0.2, 0.25) is 11.8 Å². The fraction of sp³-hybridized carbons (Fsp3) is 0.529. The molecule has 0 saturated heterocycles. The second-order valence-corrected chi connectivity index (χ2v) is 5.72. The fourth-order valence-corrected chi connectivity index (χ4v) is 2.73. The van der Waals surface area contributed by atoms with Crippen molar-refractivity contribution in [3.63, 3.8) is 0 Å². The van der Waals surface area contributed by atoms with Gasteiger partial charge in [0.15, 0.2) is 0 Å². The number of nitrogens with one attached hydrogen (secondary N) is 1. The van der Waals surface area contributed by atoms with E-state index in [4.69, 9.17) is 5.73 Å². The fourth-order valence-electron chi connectivity index (χ4n) is 2.73. The van der Waals surface area contributed by atoms with E-state index in [1.54, 1.807) is 4.90 Å². The lowest BCUT2D eigenvalue weighted by atomic mass is 10.1. The van der Waals surface area contributed by atoms with Gasteiger partial charge in [-0.05, 0) is 24.5 Å². The first-order valence-electron chi connectivity index (χ1n) is 8.04. The molecule has 2 unspecified atom stereocenters. The summed E-state index contributed by atoms with van der Waals surface area (Å²) in [7, 11) is 0. The van der Waals surface area contributed by atoms with Crippen LogP contribution in [-0.2, 0) is 16.0 Å². The van der Waals surface area contributed by atoms with Crippen LogP contribution in [0.25, 0.3) is 0 Å². The van der Waals surface area contributed by atoms with Gasteiger partial charge in [-0.2, -0.15) is 0 Å². The van der Waals surface area contributed by atoms with Crippen LogP contribution in [0.4, 0.5) is 5.69 Å². The predicted octanol–water partition coefficient (Wildman–Crippen LogP) is 1.60. The third kappa shape index (κ3) is 3.30.